The minimum absolute atomic E-state index is 0.0841. The van der Waals surface area contributed by atoms with E-state index < -0.39 is 8.07 Å². The van der Waals surface area contributed by atoms with Gasteiger partial charge in [-0.1, -0.05) is 81.8 Å². The smallest absolute Gasteiger partial charge is 0.0321 e. The van der Waals surface area contributed by atoms with Crippen molar-refractivity contribution >= 4 is 26.8 Å². The lowest BCUT2D eigenvalue weighted by atomic mass is 10.1. The molecule has 0 amide bonds. The molecule has 0 bridgehead atoms. The number of rotatable bonds is 9. The molecule has 2 aromatic carbocycles. The molecule has 2 aromatic rings. The summed E-state index contributed by atoms with van der Waals surface area (Å²) >= 11 is 0. The van der Waals surface area contributed by atoms with Crippen molar-refractivity contribution in [2.45, 2.75) is 77.5 Å². The van der Waals surface area contributed by atoms with Gasteiger partial charge in [-0.25, -0.2) is 0 Å². The Morgan fingerprint density at radius 3 is 2.07 bits per heavy atom. The molecule has 28 heavy (non-hydrogen) atoms. The SMILES string of the molecule is CCCCN(P(c1ccccc1)c1ccccc1C)P1[C@H](CC)CC[C@H]1CC. The molecule has 1 saturated heterocycles. The normalized spacial score (nSPS) is 21.3. The highest BCUT2D eigenvalue weighted by Gasteiger charge is 2.41. The van der Waals surface area contributed by atoms with Crippen molar-refractivity contribution < 1.29 is 0 Å². The van der Waals surface area contributed by atoms with Crippen LogP contribution in [0.2, 0.25) is 0 Å². The average Bonchev–Trinajstić information content (AvgIpc) is 3.15. The van der Waals surface area contributed by atoms with Crippen LogP contribution in [0, 0.1) is 6.92 Å². The zero-order chi connectivity index (χ0) is 19.9. The molecule has 3 atom stereocenters. The van der Waals surface area contributed by atoms with E-state index in [9.17, 15) is 0 Å². The van der Waals surface area contributed by atoms with Crippen LogP contribution in [0.25, 0.3) is 0 Å². The lowest BCUT2D eigenvalue weighted by molar-refractivity contribution is 0.627. The van der Waals surface area contributed by atoms with Crippen LogP contribution in [-0.2, 0) is 0 Å². The van der Waals surface area contributed by atoms with E-state index in [4.69, 9.17) is 0 Å². The molecule has 1 aliphatic heterocycles. The summed E-state index contributed by atoms with van der Waals surface area (Å²) in [6.45, 7) is 10.8. The Hall–Kier alpha value is -0.740. The van der Waals surface area contributed by atoms with Crippen LogP contribution >= 0.6 is 16.1 Å². The van der Waals surface area contributed by atoms with Gasteiger partial charge in [0.15, 0.2) is 0 Å². The zero-order valence-electron chi connectivity index (χ0n) is 18.1. The number of benzene rings is 2. The first-order chi connectivity index (χ1) is 13.7. The fourth-order valence-corrected chi connectivity index (χ4v) is 12.3. The largest absolute Gasteiger partial charge is 0.252 e. The third-order valence-corrected chi connectivity index (χ3v) is 13.1. The number of hydrogen-bond donors (Lipinski definition) is 0. The van der Waals surface area contributed by atoms with Crippen LogP contribution in [0.4, 0.5) is 0 Å². The molecule has 1 fully saturated rings. The second-order valence-corrected chi connectivity index (χ2v) is 13.1. The number of hydrogen-bond acceptors (Lipinski definition) is 1. The highest BCUT2D eigenvalue weighted by Crippen LogP contribution is 2.67. The monoisotopic (exact) mass is 413 g/mol. The molecule has 1 aliphatic rings. The fourth-order valence-electron chi connectivity index (χ4n) is 4.49. The Morgan fingerprint density at radius 2 is 1.50 bits per heavy atom. The first kappa shape index (κ1) is 22.0. The van der Waals surface area contributed by atoms with E-state index in [1.54, 1.807) is 5.30 Å². The quantitative estimate of drug-likeness (QED) is 0.393. The van der Waals surface area contributed by atoms with Crippen molar-refractivity contribution in [3.05, 3.63) is 60.2 Å². The van der Waals surface area contributed by atoms with Crippen LogP contribution < -0.4 is 10.6 Å². The van der Waals surface area contributed by atoms with Gasteiger partial charge in [0, 0.05) is 14.6 Å². The number of unbranched alkanes of at least 4 members (excludes halogenated alkanes) is 1. The minimum atomic E-state index is -0.460. The van der Waals surface area contributed by atoms with Crippen LogP contribution in [0.5, 0.6) is 0 Å². The highest BCUT2D eigenvalue weighted by molar-refractivity contribution is 7.79. The third-order valence-electron chi connectivity index (χ3n) is 6.08. The summed E-state index contributed by atoms with van der Waals surface area (Å²) in [5, 5.41) is 3.10. The van der Waals surface area contributed by atoms with Gasteiger partial charge in [0.25, 0.3) is 0 Å². The molecule has 3 rings (SSSR count). The molecule has 152 valence electrons. The van der Waals surface area contributed by atoms with Crippen molar-refractivity contribution in [2.24, 2.45) is 0 Å². The Bertz CT molecular complexity index is 705. The third kappa shape index (κ3) is 4.87. The van der Waals surface area contributed by atoms with Crippen LogP contribution in [0.1, 0.15) is 64.9 Å². The van der Waals surface area contributed by atoms with Gasteiger partial charge in [0.05, 0.1) is 0 Å². The van der Waals surface area contributed by atoms with Gasteiger partial charge in [0.2, 0.25) is 0 Å². The van der Waals surface area contributed by atoms with Gasteiger partial charge in [-0.3, -0.25) is 4.44 Å². The van der Waals surface area contributed by atoms with E-state index >= 15 is 0 Å². The topological polar surface area (TPSA) is 3.24 Å². The van der Waals surface area contributed by atoms with Gasteiger partial charge in [0.1, 0.15) is 0 Å². The average molecular weight is 414 g/mol. The molecule has 1 unspecified atom stereocenters. The molecule has 0 radical (unpaired) electrons. The second kappa shape index (κ2) is 10.9. The summed E-state index contributed by atoms with van der Waals surface area (Å²) in [5.74, 6) is 0. The van der Waals surface area contributed by atoms with Crippen molar-refractivity contribution in [2.75, 3.05) is 6.54 Å². The summed E-state index contributed by atoms with van der Waals surface area (Å²) in [4.78, 5) is 0. The Balaban J connectivity index is 2.10. The molecule has 0 aliphatic carbocycles. The molecule has 0 saturated carbocycles. The number of aryl methyl sites for hydroxylation is 1. The van der Waals surface area contributed by atoms with Crippen LogP contribution in [-0.4, -0.2) is 22.3 Å². The van der Waals surface area contributed by atoms with Crippen molar-refractivity contribution in [1.82, 2.24) is 4.44 Å². The van der Waals surface area contributed by atoms with Crippen LogP contribution in [0.15, 0.2) is 54.6 Å². The van der Waals surface area contributed by atoms with E-state index in [1.165, 1.54) is 55.9 Å². The molecule has 1 heterocycles. The van der Waals surface area contributed by atoms with Crippen molar-refractivity contribution in [3.63, 3.8) is 0 Å². The predicted molar refractivity (Wildman–Crippen MR) is 130 cm³/mol. The van der Waals surface area contributed by atoms with Gasteiger partial charge in [-0.15, -0.1) is 0 Å². The zero-order valence-corrected chi connectivity index (χ0v) is 19.9. The standard InChI is InChI=1S/C25H37NP2/c1-5-8-20-26(27-22(6-2)18-19-23(27)7-3)28(24-15-10-9-11-16-24)25-17-13-12-14-21(25)4/h9-17,22-23H,5-8,18-20H2,1-4H3/t22-,23-,28?/m1/s1. The summed E-state index contributed by atoms with van der Waals surface area (Å²) in [6.07, 6.45) is 8.15. The maximum Gasteiger partial charge on any atom is 0.0321 e. The summed E-state index contributed by atoms with van der Waals surface area (Å²) in [5.41, 5.74) is 3.28. The van der Waals surface area contributed by atoms with E-state index in [1.807, 2.05) is 0 Å². The highest BCUT2D eigenvalue weighted by atomic mass is 31.2. The van der Waals surface area contributed by atoms with E-state index in [0.717, 1.165) is 11.3 Å². The Labute approximate surface area is 175 Å². The molecule has 0 spiro atoms. The first-order valence-electron chi connectivity index (χ1n) is 11.2. The van der Waals surface area contributed by atoms with E-state index in [-0.39, 0.29) is 8.07 Å². The Morgan fingerprint density at radius 1 is 0.893 bits per heavy atom. The summed E-state index contributed by atoms with van der Waals surface area (Å²) in [6, 6.07) is 20.5. The van der Waals surface area contributed by atoms with Gasteiger partial charge in [-0.05, 0) is 74.6 Å². The van der Waals surface area contributed by atoms with E-state index in [0.29, 0.717) is 0 Å². The summed E-state index contributed by atoms with van der Waals surface area (Å²) in [7, 11) is -0.544. The van der Waals surface area contributed by atoms with E-state index in [2.05, 4.69) is 86.7 Å². The summed E-state index contributed by atoms with van der Waals surface area (Å²) < 4.78 is 3.04. The minimum Gasteiger partial charge on any atom is -0.252 e. The lowest BCUT2D eigenvalue weighted by Gasteiger charge is -2.42. The molecular formula is C25H37NP2. The maximum absolute atomic E-state index is 3.04. The van der Waals surface area contributed by atoms with Gasteiger partial charge in [-0.2, -0.15) is 0 Å². The van der Waals surface area contributed by atoms with Crippen molar-refractivity contribution in [1.29, 1.82) is 0 Å². The van der Waals surface area contributed by atoms with Crippen molar-refractivity contribution in [3.8, 4) is 0 Å². The van der Waals surface area contributed by atoms with Gasteiger partial charge < -0.3 is 0 Å². The molecular weight excluding hydrogens is 376 g/mol. The first-order valence-corrected chi connectivity index (χ1v) is 13.9. The van der Waals surface area contributed by atoms with Crippen LogP contribution in [0.3, 0.4) is 0 Å². The Kier molecular flexibility index (Phi) is 8.52. The second-order valence-electron chi connectivity index (χ2n) is 7.96. The molecule has 1 nitrogen and oxygen atoms in total. The number of nitrogens with zero attached hydrogens (tertiary/aromatic N) is 1. The molecule has 3 heteroatoms. The van der Waals surface area contributed by atoms with Gasteiger partial charge >= 0.3 is 0 Å². The fraction of sp³-hybridized carbons (Fsp3) is 0.520. The predicted octanol–water partition coefficient (Wildman–Crippen LogP) is 7.19. The molecule has 0 N–H and O–H groups in total. The lowest BCUT2D eigenvalue weighted by Crippen LogP contribution is -2.30. The maximum atomic E-state index is 3.04. The molecule has 0 aromatic heterocycles.